The maximum Gasteiger partial charge on any atom is 0.401 e. The molecule has 2 atom stereocenters. The lowest BCUT2D eigenvalue weighted by molar-refractivity contribution is -0.148. The number of carbonyl (C=O) groups excluding carboxylic acids is 2. The van der Waals surface area contributed by atoms with Crippen molar-refractivity contribution in [2.45, 2.75) is 31.2 Å². The Hall–Kier alpha value is -4.34. The fourth-order valence-corrected chi connectivity index (χ4v) is 6.40. The van der Waals surface area contributed by atoms with E-state index in [1.165, 1.54) is 51.9 Å². The first-order valence-corrected chi connectivity index (χ1v) is 14.4. The zero-order valence-corrected chi connectivity index (χ0v) is 25.0. The van der Waals surface area contributed by atoms with Crippen molar-refractivity contribution < 1.29 is 27.9 Å². The van der Waals surface area contributed by atoms with Gasteiger partial charge in [-0.3, -0.25) is 19.3 Å². The smallest absolute Gasteiger partial charge is 0.401 e. The molecule has 45 heavy (non-hydrogen) atoms. The van der Waals surface area contributed by atoms with Gasteiger partial charge in [-0.2, -0.15) is 13.2 Å². The van der Waals surface area contributed by atoms with Crippen LogP contribution in [0, 0.1) is 0 Å². The largest absolute Gasteiger partial charge is 0.506 e. The minimum Gasteiger partial charge on any atom is -0.506 e. The molecule has 3 aromatic heterocycles. The fraction of sp³-hybridized carbons (Fsp3) is 0.321. The molecular weight excluding hydrogens is 640 g/mol. The minimum atomic E-state index is -4.27. The number of rotatable bonds is 7. The number of aromatic nitrogens is 4. The van der Waals surface area contributed by atoms with Crippen molar-refractivity contribution in [3.8, 4) is 16.9 Å². The number of halogens is 5. The van der Waals surface area contributed by atoms with E-state index in [1.54, 1.807) is 6.07 Å². The van der Waals surface area contributed by atoms with E-state index in [1.807, 2.05) is 4.90 Å². The lowest BCUT2D eigenvalue weighted by Gasteiger charge is -2.35. The third-order valence-corrected chi connectivity index (χ3v) is 8.63. The summed E-state index contributed by atoms with van der Waals surface area (Å²) in [7, 11) is 1.50. The van der Waals surface area contributed by atoms with E-state index in [4.69, 9.17) is 28.9 Å². The minimum absolute atomic E-state index is 0.137. The first kappa shape index (κ1) is 30.7. The molecule has 2 amide bonds. The van der Waals surface area contributed by atoms with E-state index in [9.17, 15) is 32.7 Å². The molecule has 4 aromatic rings. The summed E-state index contributed by atoms with van der Waals surface area (Å²) in [5.41, 5.74) is 5.71. The summed E-state index contributed by atoms with van der Waals surface area (Å²) >= 11 is 12.5. The van der Waals surface area contributed by atoms with Gasteiger partial charge in [0.05, 0.1) is 45.8 Å². The number of aryl methyl sites for hydroxylation is 1. The van der Waals surface area contributed by atoms with Crippen LogP contribution in [0.2, 0.25) is 10.0 Å². The van der Waals surface area contributed by atoms with Gasteiger partial charge in [0.1, 0.15) is 23.8 Å². The van der Waals surface area contributed by atoms with Gasteiger partial charge in [0.25, 0.3) is 11.5 Å². The van der Waals surface area contributed by atoms with Gasteiger partial charge in [-0.05, 0) is 24.1 Å². The lowest BCUT2D eigenvalue weighted by Crippen LogP contribution is -2.49. The van der Waals surface area contributed by atoms with Crippen molar-refractivity contribution in [1.29, 1.82) is 0 Å². The van der Waals surface area contributed by atoms with E-state index in [0.717, 1.165) is 0 Å². The van der Waals surface area contributed by atoms with E-state index >= 15 is 0 Å². The Morgan fingerprint density at radius 1 is 1.13 bits per heavy atom. The predicted molar refractivity (Wildman–Crippen MR) is 161 cm³/mol. The van der Waals surface area contributed by atoms with Crippen LogP contribution in [-0.2, 0) is 18.4 Å². The summed E-state index contributed by atoms with van der Waals surface area (Å²) in [6.45, 7) is -0.653. The number of nitrogens with zero attached hydrogens (tertiary/aromatic N) is 6. The Balaban J connectivity index is 1.26. The number of benzene rings is 1. The maximum atomic E-state index is 13.3. The van der Waals surface area contributed by atoms with E-state index in [-0.39, 0.29) is 63.1 Å². The Morgan fingerprint density at radius 3 is 2.56 bits per heavy atom. The number of nitrogens with one attached hydrogen (secondary N) is 1. The summed E-state index contributed by atoms with van der Waals surface area (Å²) in [4.78, 5) is 50.4. The average molecular weight is 665 g/mol. The van der Waals surface area contributed by atoms with Gasteiger partial charge in [0.2, 0.25) is 5.91 Å². The number of aromatic hydroxyl groups is 1. The Labute approximate surface area is 262 Å². The molecule has 236 valence electrons. The molecule has 0 radical (unpaired) electrons. The summed E-state index contributed by atoms with van der Waals surface area (Å²) < 4.78 is 41.5. The van der Waals surface area contributed by atoms with Gasteiger partial charge in [-0.15, -0.1) is 0 Å². The van der Waals surface area contributed by atoms with E-state index < -0.39 is 35.8 Å². The van der Waals surface area contributed by atoms with E-state index in [2.05, 4.69) is 15.3 Å². The predicted octanol–water partition coefficient (Wildman–Crippen LogP) is 3.37. The normalized spacial score (nSPS) is 18.2. The zero-order chi connectivity index (χ0) is 32.4. The molecule has 1 aromatic carbocycles. The van der Waals surface area contributed by atoms with Crippen LogP contribution in [0.4, 0.5) is 24.7 Å². The molecule has 2 unspecified atom stereocenters. The molecule has 2 saturated heterocycles. The van der Waals surface area contributed by atoms with Gasteiger partial charge in [0, 0.05) is 50.0 Å². The topological polar surface area (TPSA) is 152 Å². The molecule has 2 fully saturated rings. The number of alkyl halides is 3. The Kier molecular flexibility index (Phi) is 7.65. The van der Waals surface area contributed by atoms with Crippen LogP contribution in [0.25, 0.3) is 22.2 Å². The van der Waals surface area contributed by atoms with E-state index in [0.29, 0.717) is 24.3 Å². The first-order valence-electron chi connectivity index (χ1n) is 13.6. The van der Waals surface area contributed by atoms with Crippen LogP contribution in [0.3, 0.4) is 0 Å². The number of anilines is 2. The van der Waals surface area contributed by atoms with Crippen LogP contribution in [0.1, 0.15) is 16.8 Å². The van der Waals surface area contributed by atoms with Crippen molar-refractivity contribution in [3.05, 3.63) is 62.9 Å². The quantitative estimate of drug-likeness (QED) is 0.272. The summed E-state index contributed by atoms with van der Waals surface area (Å²) in [5, 5.41) is 13.0. The second-order valence-electron chi connectivity index (χ2n) is 11.1. The van der Waals surface area contributed by atoms with Crippen LogP contribution < -0.4 is 21.5 Å². The van der Waals surface area contributed by atoms with Crippen molar-refractivity contribution in [1.82, 2.24) is 24.0 Å². The first-order chi connectivity index (χ1) is 21.2. The van der Waals surface area contributed by atoms with Crippen molar-refractivity contribution in [2.75, 3.05) is 29.9 Å². The standard InChI is InChI=1S/C28H25Cl2F3N8O4/c1-38-12-36-26-23(27(38)45)17(13-2-16(25(34)44)24(43)18(29)3-13)9-39(26)10-22(42)37-20-5-21(35-6-19(20)30)41-8-14-4-15(41)7-40(14)11-28(31,32)33/h2-3,5-6,9,12,14-15,43H,4,7-8,10-11H2,1H3,(H2,34,44)(H,35,37,42). The number of pyridine rings is 1. The molecule has 2 aliphatic heterocycles. The molecule has 0 spiro atoms. The Bertz CT molecular complexity index is 1930. The number of hydrogen-bond acceptors (Lipinski definition) is 8. The van der Waals surface area contributed by atoms with Crippen molar-refractivity contribution in [3.63, 3.8) is 0 Å². The number of primary amides is 1. The number of amides is 2. The average Bonchev–Trinajstić information content (AvgIpc) is 3.65. The van der Waals surface area contributed by atoms with Crippen LogP contribution in [0.15, 0.2) is 41.7 Å². The number of hydrogen-bond donors (Lipinski definition) is 3. The van der Waals surface area contributed by atoms with Crippen LogP contribution in [-0.4, -0.2) is 78.8 Å². The van der Waals surface area contributed by atoms with Gasteiger partial charge >= 0.3 is 6.18 Å². The number of carbonyl (C=O) groups is 2. The molecule has 0 aliphatic carbocycles. The number of fused-ring (bicyclic) bond motifs is 3. The SMILES string of the molecule is Cn1cnc2c(c(-c3cc(Cl)c(O)c(C(N)=O)c3)cn2CC(=O)Nc2cc(N3CC4CC3CN4CC(F)(F)F)ncc2Cl)c1=O. The van der Waals surface area contributed by atoms with Gasteiger partial charge in [-0.1, -0.05) is 23.2 Å². The lowest BCUT2D eigenvalue weighted by atomic mass is 10.0. The number of likely N-dealkylation sites (tertiary alicyclic amines) is 1. The molecule has 6 rings (SSSR count). The highest BCUT2D eigenvalue weighted by Gasteiger charge is 2.47. The molecule has 2 aliphatic rings. The highest BCUT2D eigenvalue weighted by atomic mass is 35.5. The zero-order valence-electron chi connectivity index (χ0n) is 23.5. The summed E-state index contributed by atoms with van der Waals surface area (Å²) in [6.07, 6.45) is 0.464. The third kappa shape index (κ3) is 5.78. The number of piperazine rings is 1. The van der Waals surface area contributed by atoms with Crippen molar-refractivity contribution in [2.24, 2.45) is 12.8 Å². The molecule has 5 heterocycles. The molecule has 12 nitrogen and oxygen atoms in total. The third-order valence-electron chi connectivity index (χ3n) is 8.04. The second kappa shape index (κ2) is 11.2. The second-order valence-corrected chi connectivity index (χ2v) is 11.9. The summed E-state index contributed by atoms with van der Waals surface area (Å²) in [6, 6.07) is 3.82. The van der Waals surface area contributed by atoms with Crippen LogP contribution >= 0.6 is 23.2 Å². The van der Waals surface area contributed by atoms with Gasteiger partial charge < -0.3 is 30.2 Å². The molecular formula is C28H25Cl2F3N8O4. The fourth-order valence-electron chi connectivity index (χ4n) is 6.03. The Morgan fingerprint density at radius 2 is 1.89 bits per heavy atom. The van der Waals surface area contributed by atoms with Gasteiger partial charge in [0.15, 0.2) is 0 Å². The van der Waals surface area contributed by atoms with Gasteiger partial charge in [-0.25, -0.2) is 9.97 Å². The monoisotopic (exact) mass is 664 g/mol. The maximum absolute atomic E-state index is 13.3. The molecule has 0 saturated carbocycles. The molecule has 4 N–H and O–H groups in total. The number of phenols is 1. The highest BCUT2D eigenvalue weighted by Crippen LogP contribution is 2.38. The number of nitrogens with two attached hydrogens (primary N) is 1. The molecule has 2 bridgehead atoms. The van der Waals surface area contributed by atoms with Crippen LogP contribution in [0.5, 0.6) is 5.75 Å². The molecule has 17 heteroatoms. The summed E-state index contributed by atoms with van der Waals surface area (Å²) in [5.74, 6) is -1.49. The van der Waals surface area contributed by atoms with Crippen molar-refractivity contribution >= 4 is 57.6 Å². The highest BCUT2D eigenvalue weighted by molar-refractivity contribution is 6.34.